The predicted molar refractivity (Wildman–Crippen MR) is 65.8 cm³/mol. The van der Waals surface area contributed by atoms with E-state index in [9.17, 15) is 4.79 Å². The van der Waals surface area contributed by atoms with Crippen molar-refractivity contribution in [2.75, 3.05) is 13.2 Å². The Morgan fingerprint density at radius 1 is 1.00 bits per heavy atom. The van der Waals surface area contributed by atoms with E-state index in [1.807, 2.05) is 0 Å². The van der Waals surface area contributed by atoms with E-state index in [4.69, 9.17) is 20.4 Å². The molecule has 0 atom stereocenters. The lowest BCUT2D eigenvalue weighted by molar-refractivity contribution is -0.137. The lowest BCUT2D eigenvalue weighted by Crippen LogP contribution is -2.15. The highest BCUT2D eigenvalue weighted by atomic mass is 16.4. The lowest BCUT2D eigenvalue weighted by atomic mass is 10.1. The second kappa shape index (κ2) is 15.4. The molecule has 0 unspecified atom stereocenters. The van der Waals surface area contributed by atoms with Crippen LogP contribution in [0.3, 0.4) is 0 Å². The van der Waals surface area contributed by atoms with Crippen molar-refractivity contribution < 1.29 is 25.2 Å². The van der Waals surface area contributed by atoms with Gasteiger partial charge in [-0.15, -0.1) is 0 Å². The van der Waals surface area contributed by atoms with E-state index in [0.29, 0.717) is 6.42 Å². The molecule has 0 rings (SSSR count). The zero-order valence-corrected chi connectivity index (χ0v) is 10.6. The molecule has 0 saturated heterocycles. The Labute approximate surface area is 103 Å². The van der Waals surface area contributed by atoms with Gasteiger partial charge in [0.1, 0.15) is 6.10 Å². The Morgan fingerprint density at radius 2 is 1.47 bits per heavy atom. The van der Waals surface area contributed by atoms with Crippen molar-refractivity contribution in [2.24, 2.45) is 0 Å². The van der Waals surface area contributed by atoms with Crippen LogP contribution in [0.25, 0.3) is 0 Å². The summed E-state index contributed by atoms with van der Waals surface area (Å²) in [6, 6.07) is 0. The fourth-order valence-electron chi connectivity index (χ4n) is 1.11. The Kier molecular flexibility index (Phi) is 16.9. The number of unbranched alkanes of at least 4 members (excludes halogenated alkanes) is 5. The van der Waals surface area contributed by atoms with Gasteiger partial charge >= 0.3 is 5.97 Å². The Hall–Kier alpha value is -0.650. The largest absolute Gasteiger partial charge is 0.481 e. The van der Waals surface area contributed by atoms with Crippen molar-refractivity contribution in [3.05, 3.63) is 0 Å². The highest BCUT2D eigenvalue weighted by Crippen LogP contribution is 2.06. The molecule has 104 valence electrons. The number of carboxylic acid groups (broad SMARTS) is 1. The van der Waals surface area contributed by atoms with E-state index in [1.54, 1.807) is 0 Å². The van der Waals surface area contributed by atoms with Crippen molar-refractivity contribution >= 4 is 5.97 Å². The molecule has 0 aromatic carbocycles. The highest BCUT2D eigenvalue weighted by Gasteiger charge is 1.95. The van der Waals surface area contributed by atoms with Crippen LogP contribution in [0.1, 0.15) is 51.9 Å². The van der Waals surface area contributed by atoms with Crippen molar-refractivity contribution in [2.45, 2.75) is 58.0 Å². The van der Waals surface area contributed by atoms with Gasteiger partial charge in [-0.3, -0.25) is 4.79 Å². The third kappa shape index (κ3) is 21.2. The maximum atomic E-state index is 10.1. The van der Waals surface area contributed by atoms with Crippen molar-refractivity contribution in [1.29, 1.82) is 0 Å². The average molecular weight is 250 g/mol. The normalized spacial score (nSPS) is 9.94. The highest BCUT2D eigenvalue weighted by molar-refractivity contribution is 5.66. The predicted octanol–water partition coefficient (Wildman–Crippen LogP) is 1.15. The van der Waals surface area contributed by atoms with Crippen LogP contribution >= 0.6 is 0 Å². The molecule has 0 bridgehead atoms. The van der Waals surface area contributed by atoms with Crippen LogP contribution in [-0.2, 0) is 4.79 Å². The minimum absolute atomic E-state index is 0.339. The molecular formula is C12H26O5. The average Bonchev–Trinajstić information content (AvgIpc) is 2.33. The first-order valence-corrected chi connectivity index (χ1v) is 6.20. The van der Waals surface area contributed by atoms with Gasteiger partial charge in [0.2, 0.25) is 0 Å². The molecule has 0 radical (unpaired) electrons. The zero-order chi connectivity index (χ0) is 13.5. The summed E-state index contributed by atoms with van der Waals surface area (Å²) in [6.07, 6.45) is 6.30. The second-order valence-corrected chi connectivity index (χ2v) is 3.93. The van der Waals surface area contributed by atoms with E-state index >= 15 is 0 Å². The molecule has 0 spiro atoms. The van der Waals surface area contributed by atoms with Gasteiger partial charge < -0.3 is 20.4 Å². The van der Waals surface area contributed by atoms with E-state index in [2.05, 4.69) is 6.92 Å². The van der Waals surface area contributed by atoms with Crippen LogP contribution in [0, 0.1) is 0 Å². The van der Waals surface area contributed by atoms with Gasteiger partial charge in [0, 0.05) is 6.42 Å². The Bertz CT molecular complexity index is 157. The number of carboxylic acids is 1. The monoisotopic (exact) mass is 250 g/mol. The number of aliphatic hydroxyl groups is 3. The van der Waals surface area contributed by atoms with Gasteiger partial charge in [0.25, 0.3) is 0 Å². The lowest BCUT2D eigenvalue weighted by Gasteiger charge is -1.97. The summed E-state index contributed by atoms with van der Waals surface area (Å²) in [6.45, 7) is 1.45. The number of hydrogen-bond donors (Lipinski definition) is 4. The third-order valence-corrected chi connectivity index (χ3v) is 2.17. The topological polar surface area (TPSA) is 98.0 Å². The summed E-state index contributed by atoms with van der Waals surface area (Å²) in [7, 11) is 0. The number of hydrogen-bond acceptors (Lipinski definition) is 4. The van der Waals surface area contributed by atoms with Crippen LogP contribution in [0.4, 0.5) is 0 Å². The molecule has 0 heterocycles. The summed E-state index contributed by atoms with van der Waals surface area (Å²) in [5.41, 5.74) is 0. The zero-order valence-electron chi connectivity index (χ0n) is 10.6. The van der Waals surface area contributed by atoms with Crippen LogP contribution in [0.2, 0.25) is 0 Å². The fraction of sp³-hybridized carbons (Fsp3) is 0.917. The minimum Gasteiger partial charge on any atom is -0.481 e. The van der Waals surface area contributed by atoms with E-state index in [1.165, 1.54) is 25.7 Å². The van der Waals surface area contributed by atoms with Crippen LogP contribution in [-0.4, -0.2) is 45.7 Å². The van der Waals surface area contributed by atoms with Gasteiger partial charge in [-0.05, 0) is 6.42 Å². The standard InChI is InChI=1S/C9H18O2.C3H8O3/c1-2-3-4-5-6-7-8-9(10)11;4-1-3(6)2-5/h2-8H2,1H3,(H,10,11);3-6H,1-2H2. The first kappa shape index (κ1) is 18.7. The van der Waals surface area contributed by atoms with Crippen molar-refractivity contribution in [3.63, 3.8) is 0 Å². The van der Waals surface area contributed by atoms with E-state index < -0.39 is 12.1 Å². The first-order chi connectivity index (χ1) is 8.08. The SMILES string of the molecule is CCCCCCCCC(=O)O.OCC(O)CO. The maximum absolute atomic E-state index is 10.1. The van der Waals surface area contributed by atoms with E-state index in [0.717, 1.165) is 12.8 Å². The van der Waals surface area contributed by atoms with Gasteiger partial charge in [0.15, 0.2) is 0 Å². The number of aliphatic carboxylic acids is 1. The molecule has 0 aromatic heterocycles. The number of rotatable bonds is 9. The molecule has 0 aliphatic carbocycles. The molecular weight excluding hydrogens is 224 g/mol. The summed E-state index contributed by atoms with van der Waals surface area (Å²) in [4.78, 5) is 10.1. The molecule has 0 fully saturated rings. The van der Waals surface area contributed by atoms with Gasteiger partial charge in [0.05, 0.1) is 13.2 Å². The van der Waals surface area contributed by atoms with E-state index in [-0.39, 0.29) is 13.2 Å². The van der Waals surface area contributed by atoms with Gasteiger partial charge in [-0.2, -0.15) is 0 Å². The Balaban J connectivity index is 0. The summed E-state index contributed by atoms with van der Waals surface area (Å²) in [5, 5.41) is 32.3. The van der Waals surface area contributed by atoms with Crippen molar-refractivity contribution in [3.8, 4) is 0 Å². The first-order valence-electron chi connectivity index (χ1n) is 6.20. The van der Waals surface area contributed by atoms with Crippen LogP contribution in [0.15, 0.2) is 0 Å². The molecule has 4 N–H and O–H groups in total. The molecule has 0 aromatic rings. The quantitative estimate of drug-likeness (QED) is 0.460. The second-order valence-electron chi connectivity index (χ2n) is 3.93. The molecule has 0 amide bonds. The molecule has 0 aliphatic heterocycles. The number of carbonyl (C=O) groups is 1. The fourth-order valence-corrected chi connectivity index (χ4v) is 1.11. The van der Waals surface area contributed by atoms with Crippen LogP contribution in [0.5, 0.6) is 0 Å². The smallest absolute Gasteiger partial charge is 0.303 e. The maximum Gasteiger partial charge on any atom is 0.303 e. The molecule has 0 saturated carbocycles. The Morgan fingerprint density at radius 3 is 1.82 bits per heavy atom. The molecule has 0 aliphatic rings. The summed E-state index contributed by atoms with van der Waals surface area (Å²) < 4.78 is 0. The van der Waals surface area contributed by atoms with Gasteiger partial charge in [-0.25, -0.2) is 0 Å². The summed E-state index contributed by atoms with van der Waals surface area (Å²) in [5.74, 6) is -0.666. The van der Waals surface area contributed by atoms with Crippen molar-refractivity contribution in [1.82, 2.24) is 0 Å². The van der Waals surface area contributed by atoms with Crippen LogP contribution < -0.4 is 0 Å². The minimum atomic E-state index is -0.954. The van der Waals surface area contributed by atoms with Gasteiger partial charge in [-0.1, -0.05) is 39.0 Å². The molecule has 17 heavy (non-hydrogen) atoms. The molecule has 5 nitrogen and oxygen atoms in total. The summed E-state index contributed by atoms with van der Waals surface area (Å²) >= 11 is 0. The number of aliphatic hydroxyl groups excluding tert-OH is 3. The molecule has 5 heteroatoms. The third-order valence-electron chi connectivity index (χ3n) is 2.17.